The smallest absolute Gasteiger partial charge is 0.258 e. The van der Waals surface area contributed by atoms with Crippen LogP contribution in [0.5, 0.6) is 0 Å². The fourth-order valence-electron chi connectivity index (χ4n) is 3.30. The number of alkyl halides is 1. The first-order valence-electron chi connectivity index (χ1n) is 7.84. The fourth-order valence-corrected chi connectivity index (χ4v) is 3.66. The van der Waals surface area contributed by atoms with E-state index in [-0.39, 0.29) is 16.0 Å². The van der Waals surface area contributed by atoms with Gasteiger partial charge in [0, 0.05) is 17.5 Å². The number of nitro groups is 1. The summed E-state index contributed by atoms with van der Waals surface area (Å²) in [5, 5.41) is 10.9. The fraction of sp³-hybridized carbons (Fsp3) is 0.647. The van der Waals surface area contributed by atoms with Crippen LogP contribution < -0.4 is 0 Å². The van der Waals surface area contributed by atoms with Crippen LogP contribution in [-0.4, -0.2) is 10.3 Å². The van der Waals surface area contributed by atoms with E-state index >= 15 is 0 Å². The maximum absolute atomic E-state index is 10.6. The molecule has 4 heteroatoms. The van der Waals surface area contributed by atoms with Gasteiger partial charge in [-0.25, -0.2) is 0 Å². The lowest BCUT2D eigenvalue weighted by Gasteiger charge is -2.35. The number of nitro benzene ring substituents is 1. The van der Waals surface area contributed by atoms with E-state index in [1.165, 1.54) is 12.8 Å². The average Bonchev–Trinajstić information content (AvgIpc) is 2.46. The standard InChI is InChI=1S/C17H24ClNO2/c1-12(2)14-7-10-17(18)15(11-14)6-3-13-4-8-16(9-5-13)19(20)21/h4-5,8-9,12,14-15,17H,3,6-7,10-11H2,1-2H3. The summed E-state index contributed by atoms with van der Waals surface area (Å²) < 4.78 is 0. The molecule has 1 aliphatic carbocycles. The molecule has 3 unspecified atom stereocenters. The highest BCUT2D eigenvalue weighted by Gasteiger charge is 2.30. The molecule has 3 nitrogen and oxygen atoms in total. The summed E-state index contributed by atoms with van der Waals surface area (Å²) in [6.07, 6.45) is 5.62. The molecule has 0 radical (unpaired) electrons. The molecule has 1 aromatic rings. The molecule has 0 amide bonds. The maximum Gasteiger partial charge on any atom is 0.269 e. The number of hydrogen-bond acceptors (Lipinski definition) is 2. The van der Waals surface area contributed by atoms with Crippen molar-refractivity contribution in [1.82, 2.24) is 0 Å². The minimum Gasteiger partial charge on any atom is -0.258 e. The van der Waals surface area contributed by atoms with E-state index < -0.39 is 0 Å². The molecule has 0 heterocycles. The lowest BCUT2D eigenvalue weighted by Crippen LogP contribution is -2.28. The van der Waals surface area contributed by atoms with Gasteiger partial charge in [0.15, 0.2) is 0 Å². The van der Waals surface area contributed by atoms with Crippen molar-refractivity contribution in [1.29, 1.82) is 0 Å². The van der Waals surface area contributed by atoms with E-state index in [1.54, 1.807) is 12.1 Å². The van der Waals surface area contributed by atoms with E-state index in [0.29, 0.717) is 5.92 Å². The Bertz CT molecular complexity index is 472. The summed E-state index contributed by atoms with van der Waals surface area (Å²) in [6.45, 7) is 4.60. The zero-order valence-electron chi connectivity index (χ0n) is 12.8. The summed E-state index contributed by atoms with van der Waals surface area (Å²) in [4.78, 5) is 10.3. The van der Waals surface area contributed by atoms with E-state index in [9.17, 15) is 10.1 Å². The highest BCUT2D eigenvalue weighted by molar-refractivity contribution is 6.20. The summed E-state index contributed by atoms with van der Waals surface area (Å²) in [7, 11) is 0. The van der Waals surface area contributed by atoms with E-state index in [0.717, 1.165) is 36.7 Å². The van der Waals surface area contributed by atoms with Crippen LogP contribution in [0.15, 0.2) is 24.3 Å². The zero-order chi connectivity index (χ0) is 15.4. The van der Waals surface area contributed by atoms with Gasteiger partial charge in [0.05, 0.1) is 4.92 Å². The number of hydrogen-bond donors (Lipinski definition) is 0. The van der Waals surface area contributed by atoms with Gasteiger partial charge in [-0.05, 0) is 55.4 Å². The monoisotopic (exact) mass is 309 g/mol. The van der Waals surface area contributed by atoms with E-state index in [1.807, 2.05) is 12.1 Å². The molecule has 1 aromatic carbocycles. The Kier molecular flexibility index (Phi) is 5.63. The van der Waals surface area contributed by atoms with Gasteiger partial charge in [-0.3, -0.25) is 10.1 Å². The molecule has 21 heavy (non-hydrogen) atoms. The third kappa shape index (κ3) is 4.44. The number of benzene rings is 1. The summed E-state index contributed by atoms with van der Waals surface area (Å²) >= 11 is 6.50. The first-order chi connectivity index (χ1) is 9.97. The van der Waals surface area contributed by atoms with E-state index in [2.05, 4.69) is 13.8 Å². The molecule has 0 aliphatic heterocycles. The SMILES string of the molecule is CC(C)C1CCC(Cl)C(CCc2ccc([N+](=O)[O-])cc2)C1. The lowest BCUT2D eigenvalue weighted by molar-refractivity contribution is -0.384. The molecule has 1 fully saturated rings. The molecule has 0 bridgehead atoms. The predicted octanol–water partition coefficient (Wildman–Crippen LogP) is 5.21. The van der Waals surface area contributed by atoms with Crippen LogP contribution >= 0.6 is 11.6 Å². The minimum atomic E-state index is -0.354. The topological polar surface area (TPSA) is 43.1 Å². The first-order valence-corrected chi connectivity index (χ1v) is 8.28. The molecule has 1 aliphatic rings. The van der Waals surface area contributed by atoms with Crippen LogP contribution in [0.2, 0.25) is 0 Å². The Morgan fingerprint density at radius 3 is 2.52 bits per heavy atom. The van der Waals surface area contributed by atoms with Gasteiger partial charge in [-0.1, -0.05) is 26.0 Å². The van der Waals surface area contributed by atoms with Gasteiger partial charge in [0.1, 0.15) is 0 Å². The van der Waals surface area contributed by atoms with Crippen molar-refractivity contribution < 1.29 is 4.92 Å². The maximum atomic E-state index is 10.6. The number of aryl methyl sites for hydroxylation is 1. The molecule has 0 saturated heterocycles. The van der Waals surface area contributed by atoms with Gasteiger partial charge in [0.2, 0.25) is 0 Å². The van der Waals surface area contributed by atoms with Crippen LogP contribution in [0.4, 0.5) is 5.69 Å². The molecule has 0 aromatic heterocycles. The summed E-state index contributed by atoms with van der Waals surface area (Å²) in [5.41, 5.74) is 1.32. The Labute approximate surface area is 131 Å². The van der Waals surface area contributed by atoms with Crippen molar-refractivity contribution in [3.05, 3.63) is 39.9 Å². The van der Waals surface area contributed by atoms with Gasteiger partial charge in [0.25, 0.3) is 5.69 Å². The number of nitrogens with zero attached hydrogens (tertiary/aromatic N) is 1. The average molecular weight is 310 g/mol. The summed E-state index contributed by atoms with van der Waals surface area (Å²) in [5.74, 6) is 2.10. The highest BCUT2D eigenvalue weighted by atomic mass is 35.5. The third-order valence-electron chi connectivity index (χ3n) is 4.82. The van der Waals surface area contributed by atoms with Crippen LogP contribution in [0, 0.1) is 27.9 Å². The normalized spacial score (nSPS) is 26.0. The number of non-ortho nitro benzene ring substituents is 1. The molecule has 0 N–H and O–H groups in total. The lowest BCUT2D eigenvalue weighted by atomic mass is 9.74. The van der Waals surface area contributed by atoms with Crippen molar-refractivity contribution >= 4 is 17.3 Å². The molecular weight excluding hydrogens is 286 g/mol. The van der Waals surface area contributed by atoms with Gasteiger partial charge >= 0.3 is 0 Å². The Morgan fingerprint density at radius 2 is 1.95 bits per heavy atom. The minimum absolute atomic E-state index is 0.159. The summed E-state index contributed by atoms with van der Waals surface area (Å²) in [6, 6.07) is 6.91. The first kappa shape index (κ1) is 16.3. The van der Waals surface area contributed by atoms with Crippen LogP contribution in [0.25, 0.3) is 0 Å². The molecule has 116 valence electrons. The van der Waals surface area contributed by atoms with E-state index in [4.69, 9.17) is 11.6 Å². The second-order valence-electron chi connectivity index (χ2n) is 6.56. The second kappa shape index (κ2) is 7.26. The van der Waals surface area contributed by atoms with Crippen molar-refractivity contribution in [3.8, 4) is 0 Å². The van der Waals surface area contributed by atoms with Crippen molar-refractivity contribution in [2.75, 3.05) is 0 Å². The van der Waals surface area contributed by atoms with Crippen molar-refractivity contribution in [2.45, 2.75) is 51.3 Å². The number of rotatable bonds is 5. The molecule has 1 saturated carbocycles. The Balaban J connectivity index is 1.90. The Morgan fingerprint density at radius 1 is 1.29 bits per heavy atom. The van der Waals surface area contributed by atoms with Gasteiger partial charge < -0.3 is 0 Å². The van der Waals surface area contributed by atoms with Gasteiger partial charge in [-0.15, -0.1) is 11.6 Å². The van der Waals surface area contributed by atoms with Crippen LogP contribution in [0.3, 0.4) is 0 Å². The quantitative estimate of drug-likeness (QED) is 0.426. The van der Waals surface area contributed by atoms with Gasteiger partial charge in [-0.2, -0.15) is 0 Å². The zero-order valence-corrected chi connectivity index (χ0v) is 13.6. The largest absolute Gasteiger partial charge is 0.269 e. The third-order valence-corrected chi connectivity index (χ3v) is 5.40. The Hall–Kier alpha value is -1.09. The van der Waals surface area contributed by atoms with Crippen molar-refractivity contribution in [3.63, 3.8) is 0 Å². The van der Waals surface area contributed by atoms with Crippen LogP contribution in [0.1, 0.15) is 45.1 Å². The molecule has 2 rings (SSSR count). The molecular formula is C17H24ClNO2. The number of halogens is 1. The predicted molar refractivity (Wildman–Crippen MR) is 86.7 cm³/mol. The molecule has 3 atom stereocenters. The van der Waals surface area contributed by atoms with Crippen molar-refractivity contribution in [2.24, 2.45) is 17.8 Å². The highest BCUT2D eigenvalue weighted by Crippen LogP contribution is 2.38. The molecule has 0 spiro atoms. The van der Waals surface area contributed by atoms with Crippen LogP contribution in [-0.2, 0) is 6.42 Å². The second-order valence-corrected chi connectivity index (χ2v) is 7.12.